The first-order valence-corrected chi connectivity index (χ1v) is 12.5. The number of nitrogens with two attached hydrogens (primary N) is 2. The van der Waals surface area contributed by atoms with Crippen molar-refractivity contribution < 1.29 is 14.9 Å². The van der Waals surface area contributed by atoms with Crippen LogP contribution in [0.5, 0.6) is 5.88 Å². The van der Waals surface area contributed by atoms with Crippen molar-refractivity contribution in [3.05, 3.63) is 112 Å². The lowest BCUT2D eigenvalue weighted by Crippen LogP contribution is -2.82. The molecule has 1 aromatic heterocycles. The van der Waals surface area contributed by atoms with Crippen molar-refractivity contribution in [3.63, 3.8) is 0 Å². The molecule has 0 fully saturated rings. The minimum Gasteiger partial charge on any atom is -0.472 e. The van der Waals surface area contributed by atoms with E-state index in [1.165, 1.54) is 0 Å². The van der Waals surface area contributed by atoms with Gasteiger partial charge in [0.1, 0.15) is 12.4 Å². The Hall–Kier alpha value is -4.23. The second kappa shape index (κ2) is 12.1. The van der Waals surface area contributed by atoms with Crippen LogP contribution < -0.4 is 21.4 Å². The molecule has 37 heavy (non-hydrogen) atoms. The van der Waals surface area contributed by atoms with Gasteiger partial charge in [0.05, 0.1) is 17.9 Å². The molecule has 3 aromatic carbocycles. The molecule has 0 saturated carbocycles. The smallest absolute Gasteiger partial charge is 0.296 e. The number of ether oxygens (including phenoxy) is 1. The molecule has 0 unspecified atom stereocenters. The number of nitrogen functional groups attached to an aromatic ring is 1. The lowest BCUT2D eigenvalue weighted by molar-refractivity contribution is -0.469. The number of hydrogen-bond donors (Lipinski definition) is 4. The topological polar surface area (TPSA) is 121 Å². The molecule has 0 aliphatic rings. The maximum atomic E-state index is 9.36. The van der Waals surface area contributed by atoms with Crippen LogP contribution in [0.15, 0.2) is 72.8 Å². The number of rotatable bonds is 10. The average molecular weight is 497 g/mol. The van der Waals surface area contributed by atoms with Gasteiger partial charge in [0, 0.05) is 18.4 Å². The monoisotopic (exact) mass is 496 g/mol. The van der Waals surface area contributed by atoms with Crippen molar-refractivity contribution in [1.29, 1.82) is 0 Å². The van der Waals surface area contributed by atoms with E-state index >= 15 is 0 Å². The number of nitrogens with zero attached hydrogens (tertiary/aromatic N) is 2. The van der Waals surface area contributed by atoms with Gasteiger partial charge in [-0.1, -0.05) is 80.6 Å². The van der Waals surface area contributed by atoms with Crippen molar-refractivity contribution in [2.75, 3.05) is 0 Å². The molecular weight excluding hydrogens is 462 g/mol. The zero-order chi connectivity index (χ0) is 26.2. The third kappa shape index (κ3) is 6.13. The lowest BCUT2D eigenvalue weighted by atomic mass is 9.98. The summed E-state index contributed by atoms with van der Waals surface area (Å²) in [5.74, 6) is 7.36. The zero-order valence-corrected chi connectivity index (χ0v) is 21.4. The molecule has 190 valence electrons. The van der Waals surface area contributed by atoms with Crippen LogP contribution in [-0.2, 0) is 32.5 Å². The van der Waals surface area contributed by atoms with E-state index in [0.29, 0.717) is 24.7 Å². The Morgan fingerprint density at radius 3 is 2.19 bits per heavy atom. The number of aryl methyl sites for hydroxylation is 2. The molecule has 0 bridgehead atoms. The number of hydrazone groups is 1. The Balaban J connectivity index is 1.58. The fourth-order valence-electron chi connectivity index (χ4n) is 4.25. The summed E-state index contributed by atoms with van der Waals surface area (Å²) in [5.41, 5.74) is 14.0. The van der Waals surface area contributed by atoms with Crippen LogP contribution in [0.2, 0.25) is 0 Å². The molecule has 0 aliphatic carbocycles. The largest absolute Gasteiger partial charge is 0.472 e. The van der Waals surface area contributed by atoms with E-state index in [2.05, 4.69) is 24.2 Å². The van der Waals surface area contributed by atoms with Crippen LogP contribution in [0.3, 0.4) is 0 Å². The van der Waals surface area contributed by atoms with E-state index in [0.717, 1.165) is 63.3 Å². The lowest BCUT2D eigenvalue weighted by Gasteiger charge is -2.16. The highest BCUT2D eigenvalue weighted by Crippen LogP contribution is 2.27. The molecule has 0 aliphatic heterocycles. The van der Waals surface area contributed by atoms with E-state index in [9.17, 15) is 5.11 Å². The van der Waals surface area contributed by atoms with E-state index in [1.54, 1.807) is 0 Å². The Labute approximate surface area is 217 Å². The standard InChI is InChI=1S/C30H33N5O2/c1-3-27-26(17-20-9-11-21(18-36)12-10-20)30(34-28(4-2)33-27)37-19-22-13-15-23(16-14-22)24-7-5-6-8-25(24)29(31)35-32/h5-16,36H,3-4,17-19,32H2,1-2H3,(H2,31,35)/p+1. The molecule has 4 rings (SSSR count). The first-order valence-electron chi connectivity index (χ1n) is 12.5. The van der Waals surface area contributed by atoms with Crippen molar-refractivity contribution >= 4 is 5.84 Å². The fourth-order valence-corrected chi connectivity index (χ4v) is 4.25. The maximum Gasteiger partial charge on any atom is 0.296 e. The van der Waals surface area contributed by atoms with E-state index in [1.807, 2.05) is 67.6 Å². The summed E-state index contributed by atoms with van der Waals surface area (Å²) in [4.78, 5) is 9.51. The minimum atomic E-state index is 0.0308. The predicted octanol–water partition coefficient (Wildman–Crippen LogP) is 2.59. The van der Waals surface area contributed by atoms with E-state index < -0.39 is 0 Å². The van der Waals surface area contributed by atoms with Gasteiger partial charge in [-0.3, -0.25) is 11.6 Å². The van der Waals surface area contributed by atoms with Crippen molar-refractivity contribution in [3.8, 4) is 17.0 Å². The van der Waals surface area contributed by atoms with E-state index in [-0.39, 0.29) is 6.61 Å². The Kier molecular flexibility index (Phi) is 8.48. The highest BCUT2D eigenvalue weighted by molar-refractivity contribution is 5.99. The van der Waals surface area contributed by atoms with Gasteiger partial charge in [0.15, 0.2) is 0 Å². The maximum absolute atomic E-state index is 9.36. The quantitative estimate of drug-likeness (QED) is 0.116. The first-order chi connectivity index (χ1) is 18.1. The van der Waals surface area contributed by atoms with Crippen molar-refractivity contribution in [1.82, 2.24) is 9.97 Å². The summed E-state index contributed by atoms with van der Waals surface area (Å²) in [6, 6.07) is 24.0. The summed E-state index contributed by atoms with van der Waals surface area (Å²) in [5, 5.41) is 11.9. The average Bonchev–Trinajstić information content (AvgIpc) is 2.96. The normalized spacial score (nSPS) is 11.5. The number of benzene rings is 3. The van der Waals surface area contributed by atoms with Gasteiger partial charge < -0.3 is 9.84 Å². The van der Waals surface area contributed by atoms with Crippen LogP contribution in [0, 0.1) is 0 Å². The highest BCUT2D eigenvalue weighted by atomic mass is 16.5. The number of aromatic nitrogens is 2. The molecule has 0 radical (unpaired) electrons. The fraction of sp³-hybridized carbons (Fsp3) is 0.233. The van der Waals surface area contributed by atoms with Crippen LogP contribution in [0.4, 0.5) is 0 Å². The molecule has 0 spiro atoms. The van der Waals surface area contributed by atoms with Gasteiger partial charge in [-0.25, -0.2) is 4.98 Å². The third-order valence-electron chi connectivity index (χ3n) is 6.35. The number of aliphatic hydroxyl groups excluding tert-OH is 1. The Morgan fingerprint density at radius 1 is 0.865 bits per heavy atom. The molecule has 7 nitrogen and oxygen atoms in total. The second-order valence-corrected chi connectivity index (χ2v) is 8.82. The van der Waals surface area contributed by atoms with Crippen LogP contribution in [0.1, 0.15) is 53.2 Å². The number of aliphatic hydroxyl groups is 1. The molecule has 0 amide bonds. The molecule has 1 heterocycles. The second-order valence-electron chi connectivity index (χ2n) is 8.82. The number of hydrazine groups is 1. The van der Waals surface area contributed by atoms with Crippen LogP contribution in [-0.4, -0.2) is 20.9 Å². The molecule has 0 atom stereocenters. The third-order valence-corrected chi connectivity index (χ3v) is 6.35. The summed E-state index contributed by atoms with van der Waals surface area (Å²) in [7, 11) is 0. The molecule has 4 aromatic rings. The summed E-state index contributed by atoms with van der Waals surface area (Å²) < 4.78 is 6.31. The van der Waals surface area contributed by atoms with Gasteiger partial charge in [-0.05, 0) is 40.3 Å². The number of amidine groups is 1. The number of hydrogen-bond acceptors (Lipinski definition) is 5. The Morgan fingerprint density at radius 2 is 1.54 bits per heavy atom. The zero-order valence-electron chi connectivity index (χ0n) is 21.4. The first kappa shape index (κ1) is 25.9. The molecular formula is C30H34N5O2+. The number of nitrogens with one attached hydrogen (secondary N) is 1. The van der Waals surface area contributed by atoms with Gasteiger partial charge in [-0.15, -0.1) is 0 Å². The van der Waals surface area contributed by atoms with E-state index in [4.69, 9.17) is 26.3 Å². The van der Waals surface area contributed by atoms with Gasteiger partial charge in [-0.2, -0.15) is 10.1 Å². The summed E-state index contributed by atoms with van der Waals surface area (Å²) in [6.45, 7) is 4.57. The van der Waals surface area contributed by atoms with Crippen molar-refractivity contribution in [2.24, 2.45) is 11.6 Å². The SMILES string of the molecule is CCc1nc(CC)c(Cc2ccc(CO)cc2)c(OCc2ccc(-c3ccccc3/C(N)=[NH+]/N)cc2)n1. The molecule has 7 heteroatoms. The van der Waals surface area contributed by atoms with Gasteiger partial charge in [0.25, 0.3) is 5.84 Å². The minimum absolute atomic E-state index is 0.0308. The Bertz CT molecular complexity index is 1370. The highest BCUT2D eigenvalue weighted by Gasteiger charge is 2.16. The van der Waals surface area contributed by atoms with Gasteiger partial charge in [0.2, 0.25) is 5.88 Å². The van der Waals surface area contributed by atoms with Crippen LogP contribution in [0.25, 0.3) is 11.1 Å². The van der Waals surface area contributed by atoms with Gasteiger partial charge >= 0.3 is 0 Å². The van der Waals surface area contributed by atoms with Crippen molar-refractivity contribution in [2.45, 2.75) is 46.3 Å². The molecule has 6 N–H and O–H groups in total. The summed E-state index contributed by atoms with van der Waals surface area (Å²) >= 11 is 0. The van der Waals surface area contributed by atoms with Crippen LogP contribution >= 0.6 is 0 Å². The molecule has 0 saturated heterocycles. The summed E-state index contributed by atoms with van der Waals surface area (Å²) in [6.07, 6.45) is 2.19. The predicted molar refractivity (Wildman–Crippen MR) is 146 cm³/mol.